The summed E-state index contributed by atoms with van der Waals surface area (Å²) in [7, 11) is 2.50. The molecule has 0 unspecified atom stereocenters. The summed E-state index contributed by atoms with van der Waals surface area (Å²) >= 11 is 0. The maximum absolute atomic E-state index is 12.3. The number of methoxy groups -OCH3 is 2. The maximum Gasteiger partial charge on any atom is 0.355 e. The van der Waals surface area contributed by atoms with E-state index in [1.54, 1.807) is 29.2 Å². The van der Waals surface area contributed by atoms with E-state index in [0.29, 0.717) is 11.3 Å². The Balaban J connectivity index is 1.98. The number of nitrogens with zero attached hydrogens (tertiary/aromatic N) is 2. The fourth-order valence-corrected chi connectivity index (χ4v) is 2.95. The molecule has 0 saturated carbocycles. The third-order valence-electron chi connectivity index (χ3n) is 4.34. The number of hydrogen-bond donors (Lipinski definition) is 0. The van der Waals surface area contributed by atoms with Gasteiger partial charge in [0, 0.05) is 5.69 Å². The molecular weight excluding hydrogens is 360 g/mol. The van der Waals surface area contributed by atoms with Gasteiger partial charge in [-0.15, -0.1) is 0 Å². The smallest absolute Gasteiger partial charge is 0.355 e. The van der Waals surface area contributed by atoms with Crippen LogP contribution in [0.3, 0.4) is 0 Å². The Morgan fingerprint density at radius 3 is 2.39 bits per heavy atom. The molecule has 0 bridgehead atoms. The highest BCUT2D eigenvalue weighted by atomic mass is 16.5. The minimum Gasteiger partial charge on any atom is -0.466 e. The monoisotopic (exact) mass is 378 g/mol. The summed E-state index contributed by atoms with van der Waals surface area (Å²) in [6, 6.07) is 16.7. The van der Waals surface area contributed by atoms with Crippen molar-refractivity contribution in [3.63, 3.8) is 0 Å². The normalized spacial score (nSPS) is 13.7. The lowest BCUT2D eigenvalue weighted by Crippen LogP contribution is -2.38. The van der Waals surface area contributed by atoms with Gasteiger partial charge in [0.25, 0.3) is 0 Å². The highest BCUT2D eigenvalue weighted by Crippen LogP contribution is 2.29. The first-order valence-electron chi connectivity index (χ1n) is 8.44. The Morgan fingerprint density at radius 1 is 1.04 bits per heavy atom. The highest BCUT2D eigenvalue weighted by Gasteiger charge is 2.32. The van der Waals surface area contributed by atoms with E-state index in [4.69, 9.17) is 19.5 Å². The van der Waals surface area contributed by atoms with E-state index in [9.17, 15) is 9.59 Å². The van der Waals surface area contributed by atoms with Crippen LogP contribution in [0.15, 0.2) is 59.8 Å². The Morgan fingerprint density at radius 2 is 1.75 bits per heavy atom. The zero-order chi connectivity index (χ0) is 20.1. The van der Waals surface area contributed by atoms with Crippen molar-refractivity contribution in [3.8, 4) is 17.2 Å². The van der Waals surface area contributed by atoms with Crippen LogP contribution in [-0.2, 0) is 23.8 Å². The Kier molecular flexibility index (Phi) is 5.72. The second-order valence-electron chi connectivity index (χ2n) is 5.96. The van der Waals surface area contributed by atoms with Crippen LogP contribution in [0.1, 0.15) is 5.56 Å². The molecule has 0 amide bonds. The van der Waals surface area contributed by atoms with Crippen LogP contribution in [0.25, 0.3) is 11.1 Å². The fourth-order valence-electron chi connectivity index (χ4n) is 2.95. The van der Waals surface area contributed by atoms with Gasteiger partial charge in [0.05, 0.1) is 38.0 Å². The third-order valence-corrected chi connectivity index (χ3v) is 4.34. The van der Waals surface area contributed by atoms with Gasteiger partial charge in [-0.2, -0.15) is 5.26 Å². The van der Waals surface area contributed by atoms with Crippen molar-refractivity contribution in [2.24, 2.45) is 0 Å². The molecule has 0 radical (unpaired) electrons. The van der Waals surface area contributed by atoms with E-state index in [1.807, 2.05) is 24.3 Å². The third kappa shape index (κ3) is 3.72. The minimum absolute atomic E-state index is 0.0351. The molecule has 0 fully saturated rings. The molecule has 0 atom stereocenters. The number of esters is 2. The van der Waals surface area contributed by atoms with E-state index in [1.165, 1.54) is 14.2 Å². The molecule has 1 aliphatic rings. The molecular formula is C21H18N2O5. The number of carbonyl (C=O) groups is 2. The molecule has 28 heavy (non-hydrogen) atoms. The lowest BCUT2D eigenvalue weighted by molar-refractivity contribution is -0.140. The first kappa shape index (κ1) is 19.1. The SMILES string of the molecule is COC(=O)C1=C(C(=O)OC)N(c2ccc(-c3cccc(C#N)c3)cc2)COC1. The van der Waals surface area contributed by atoms with Crippen LogP contribution in [0.4, 0.5) is 5.69 Å². The van der Waals surface area contributed by atoms with Gasteiger partial charge in [-0.05, 0) is 35.4 Å². The van der Waals surface area contributed by atoms with Crippen LogP contribution in [0.2, 0.25) is 0 Å². The van der Waals surface area contributed by atoms with Crippen molar-refractivity contribution in [3.05, 3.63) is 65.4 Å². The lowest BCUT2D eigenvalue weighted by atomic mass is 10.0. The van der Waals surface area contributed by atoms with E-state index in [-0.39, 0.29) is 24.6 Å². The fraction of sp³-hybridized carbons (Fsp3) is 0.190. The van der Waals surface area contributed by atoms with Crippen molar-refractivity contribution in [2.45, 2.75) is 0 Å². The number of rotatable bonds is 4. The van der Waals surface area contributed by atoms with Crippen molar-refractivity contribution < 1.29 is 23.8 Å². The van der Waals surface area contributed by atoms with Gasteiger partial charge >= 0.3 is 11.9 Å². The average Bonchev–Trinajstić information content (AvgIpc) is 2.77. The van der Waals surface area contributed by atoms with Gasteiger partial charge in [0.1, 0.15) is 12.4 Å². The largest absolute Gasteiger partial charge is 0.466 e. The number of ether oxygens (including phenoxy) is 3. The molecule has 0 aliphatic carbocycles. The first-order valence-corrected chi connectivity index (χ1v) is 8.44. The van der Waals surface area contributed by atoms with Crippen LogP contribution >= 0.6 is 0 Å². The van der Waals surface area contributed by atoms with Crippen molar-refractivity contribution in [2.75, 3.05) is 32.5 Å². The van der Waals surface area contributed by atoms with Gasteiger partial charge in [-0.1, -0.05) is 24.3 Å². The van der Waals surface area contributed by atoms with Crippen molar-refractivity contribution in [1.29, 1.82) is 5.26 Å². The van der Waals surface area contributed by atoms with E-state index < -0.39 is 11.9 Å². The Hall–Kier alpha value is -3.63. The van der Waals surface area contributed by atoms with E-state index in [2.05, 4.69) is 6.07 Å². The number of hydrogen-bond acceptors (Lipinski definition) is 7. The Labute approximate surface area is 162 Å². The Bertz CT molecular complexity index is 973. The van der Waals surface area contributed by atoms with Crippen molar-refractivity contribution >= 4 is 17.6 Å². The second-order valence-corrected chi connectivity index (χ2v) is 5.96. The van der Waals surface area contributed by atoms with Gasteiger partial charge in [-0.25, -0.2) is 9.59 Å². The molecule has 0 spiro atoms. The summed E-state index contributed by atoms with van der Waals surface area (Å²) in [6.07, 6.45) is 0. The summed E-state index contributed by atoms with van der Waals surface area (Å²) in [5.41, 5.74) is 3.24. The summed E-state index contributed by atoms with van der Waals surface area (Å²) in [5.74, 6) is -1.29. The first-order chi connectivity index (χ1) is 13.6. The molecule has 3 rings (SSSR count). The van der Waals surface area contributed by atoms with Gasteiger partial charge in [-0.3, -0.25) is 0 Å². The quantitative estimate of drug-likeness (QED) is 0.756. The second kappa shape index (κ2) is 8.37. The maximum atomic E-state index is 12.3. The summed E-state index contributed by atoms with van der Waals surface area (Å²) in [4.78, 5) is 25.9. The molecule has 142 valence electrons. The molecule has 2 aromatic rings. The summed E-state index contributed by atoms with van der Waals surface area (Å²) < 4.78 is 15.1. The molecule has 7 nitrogen and oxygen atoms in total. The number of carbonyl (C=O) groups excluding carboxylic acids is 2. The lowest BCUT2D eigenvalue weighted by Gasteiger charge is -2.31. The summed E-state index contributed by atoms with van der Waals surface area (Å²) in [5, 5.41) is 9.06. The summed E-state index contributed by atoms with van der Waals surface area (Å²) in [6.45, 7) is 0.0564. The molecule has 0 aromatic heterocycles. The van der Waals surface area contributed by atoms with Crippen molar-refractivity contribution in [1.82, 2.24) is 0 Å². The highest BCUT2D eigenvalue weighted by molar-refractivity contribution is 6.03. The number of anilines is 1. The van der Waals surface area contributed by atoms with Crippen LogP contribution in [0.5, 0.6) is 0 Å². The van der Waals surface area contributed by atoms with Crippen LogP contribution < -0.4 is 4.90 Å². The standard InChI is InChI=1S/C21H18N2O5/c1-26-20(24)18-12-28-13-23(19(18)21(25)27-2)17-8-6-15(7-9-17)16-5-3-4-14(10-16)11-22/h3-10H,12-13H2,1-2H3. The van der Waals surface area contributed by atoms with Crippen LogP contribution in [0, 0.1) is 11.3 Å². The van der Waals surface area contributed by atoms with E-state index in [0.717, 1.165) is 11.1 Å². The zero-order valence-corrected chi connectivity index (χ0v) is 15.5. The molecule has 0 saturated heterocycles. The number of nitriles is 1. The molecule has 2 aromatic carbocycles. The predicted octanol–water partition coefficient (Wildman–Crippen LogP) is 2.62. The molecule has 1 heterocycles. The topological polar surface area (TPSA) is 88.9 Å². The van der Waals surface area contributed by atoms with Crippen LogP contribution in [-0.4, -0.2) is 39.5 Å². The number of benzene rings is 2. The van der Waals surface area contributed by atoms with Gasteiger partial charge < -0.3 is 19.1 Å². The molecule has 1 aliphatic heterocycles. The van der Waals surface area contributed by atoms with E-state index >= 15 is 0 Å². The predicted molar refractivity (Wildman–Crippen MR) is 101 cm³/mol. The van der Waals surface area contributed by atoms with Gasteiger partial charge in [0.15, 0.2) is 0 Å². The average molecular weight is 378 g/mol. The minimum atomic E-state index is -0.644. The zero-order valence-electron chi connectivity index (χ0n) is 15.5. The molecule has 0 N–H and O–H groups in total. The molecule has 7 heteroatoms. The van der Waals surface area contributed by atoms with Gasteiger partial charge in [0.2, 0.25) is 0 Å².